The zero-order valence-corrected chi connectivity index (χ0v) is 9.31. The van der Waals surface area contributed by atoms with Gasteiger partial charge in [-0.3, -0.25) is 0 Å². The summed E-state index contributed by atoms with van der Waals surface area (Å²) >= 11 is 0. The molecule has 1 unspecified atom stereocenters. The van der Waals surface area contributed by atoms with Gasteiger partial charge in [-0.1, -0.05) is 0 Å². The molecule has 1 atom stereocenters. The third kappa shape index (κ3) is 1.55. The molecule has 0 saturated carbocycles. The van der Waals surface area contributed by atoms with Crippen LogP contribution in [0, 0.1) is 0 Å². The van der Waals surface area contributed by atoms with Gasteiger partial charge < -0.3 is 14.3 Å². The van der Waals surface area contributed by atoms with Gasteiger partial charge in [0.15, 0.2) is 0 Å². The third-order valence-corrected chi connectivity index (χ3v) is 3.11. The molecular weight excluding hydrogens is 202 g/mol. The van der Waals surface area contributed by atoms with Gasteiger partial charge in [0.2, 0.25) is 0 Å². The molecule has 0 spiro atoms. The summed E-state index contributed by atoms with van der Waals surface area (Å²) in [5.41, 5.74) is 2.51. The molecule has 1 N–H and O–H groups in total. The summed E-state index contributed by atoms with van der Waals surface area (Å²) in [7, 11) is 0. The number of aromatic nitrogens is 2. The Morgan fingerprint density at radius 3 is 3.38 bits per heavy atom. The summed E-state index contributed by atoms with van der Waals surface area (Å²) < 4.78 is 7.55. The van der Waals surface area contributed by atoms with Crippen LogP contribution in [0.3, 0.4) is 0 Å². The van der Waals surface area contributed by atoms with Gasteiger partial charge in [0.1, 0.15) is 5.76 Å². The minimum Gasteiger partial charge on any atom is -0.467 e. The van der Waals surface area contributed by atoms with E-state index in [1.54, 1.807) is 6.26 Å². The standard InChI is InChI=1S/C12H15N3O/c1-9-12-11(4-5-13-9)15(8-14-12)7-10-3-2-6-16-10/h2-3,6,8-9,13H,4-5,7H2,1H3. The molecule has 0 fully saturated rings. The molecule has 0 amide bonds. The van der Waals surface area contributed by atoms with Crippen molar-refractivity contribution in [1.82, 2.24) is 14.9 Å². The van der Waals surface area contributed by atoms with Gasteiger partial charge in [-0.15, -0.1) is 0 Å². The number of nitrogens with one attached hydrogen (secondary N) is 1. The van der Waals surface area contributed by atoms with Crippen molar-refractivity contribution in [3.8, 4) is 0 Å². The summed E-state index contributed by atoms with van der Waals surface area (Å²) in [6.45, 7) is 3.96. The summed E-state index contributed by atoms with van der Waals surface area (Å²) in [5, 5.41) is 3.41. The second-order valence-electron chi connectivity index (χ2n) is 4.21. The number of hydrogen-bond acceptors (Lipinski definition) is 3. The van der Waals surface area contributed by atoms with Crippen LogP contribution in [0.2, 0.25) is 0 Å². The van der Waals surface area contributed by atoms with Gasteiger partial charge in [-0.2, -0.15) is 0 Å². The molecule has 4 nitrogen and oxygen atoms in total. The molecule has 1 aliphatic rings. The SMILES string of the molecule is CC1NCCc2c1ncn2Cc1ccco1. The van der Waals surface area contributed by atoms with Crippen molar-refractivity contribution in [3.63, 3.8) is 0 Å². The second-order valence-corrected chi connectivity index (χ2v) is 4.21. The van der Waals surface area contributed by atoms with E-state index in [4.69, 9.17) is 4.42 Å². The lowest BCUT2D eigenvalue weighted by molar-refractivity contribution is 0.478. The molecule has 4 heteroatoms. The molecule has 0 saturated heterocycles. The monoisotopic (exact) mass is 217 g/mol. The molecule has 1 aliphatic heterocycles. The molecule has 0 aliphatic carbocycles. The highest BCUT2D eigenvalue weighted by Crippen LogP contribution is 2.21. The quantitative estimate of drug-likeness (QED) is 0.833. The fourth-order valence-corrected chi connectivity index (χ4v) is 2.27. The Morgan fingerprint density at radius 1 is 1.62 bits per heavy atom. The number of rotatable bonds is 2. The van der Waals surface area contributed by atoms with Crippen LogP contribution in [-0.4, -0.2) is 16.1 Å². The average molecular weight is 217 g/mol. The fourth-order valence-electron chi connectivity index (χ4n) is 2.27. The Morgan fingerprint density at radius 2 is 2.56 bits per heavy atom. The van der Waals surface area contributed by atoms with Crippen LogP contribution in [0.5, 0.6) is 0 Å². The minimum atomic E-state index is 0.363. The van der Waals surface area contributed by atoms with E-state index >= 15 is 0 Å². The highest BCUT2D eigenvalue weighted by Gasteiger charge is 2.20. The molecule has 16 heavy (non-hydrogen) atoms. The minimum absolute atomic E-state index is 0.363. The maximum atomic E-state index is 5.36. The molecule has 3 rings (SSSR count). The molecule has 0 radical (unpaired) electrons. The Bertz CT molecular complexity index is 472. The largest absolute Gasteiger partial charge is 0.467 e. The second kappa shape index (κ2) is 3.79. The summed E-state index contributed by atoms with van der Waals surface area (Å²) in [5.74, 6) is 0.978. The lowest BCUT2D eigenvalue weighted by atomic mass is 10.1. The maximum Gasteiger partial charge on any atom is 0.123 e. The first kappa shape index (κ1) is 9.66. The fraction of sp³-hybridized carbons (Fsp3) is 0.417. The highest BCUT2D eigenvalue weighted by molar-refractivity contribution is 5.21. The van der Waals surface area contributed by atoms with Crippen molar-refractivity contribution >= 4 is 0 Å². The zero-order valence-electron chi connectivity index (χ0n) is 9.31. The Kier molecular flexibility index (Phi) is 2.29. The average Bonchev–Trinajstić information content (AvgIpc) is 2.90. The Labute approximate surface area is 94.3 Å². The van der Waals surface area contributed by atoms with Crippen molar-refractivity contribution in [2.24, 2.45) is 0 Å². The van der Waals surface area contributed by atoms with Crippen LogP contribution < -0.4 is 5.32 Å². The van der Waals surface area contributed by atoms with Gasteiger partial charge in [0, 0.05) is 24.7 Å². The van der Waals surface area contributed by atoms with Crippen molar-refractivity contribution < 1.29 is 4.42 Å². The molecule has 84 valence electrons. The lowest BCUT2D eigenvalue weighted by Crippen LogP contribution is -2.28. The van der Waals surface area contributed by atoms with Crippen LogP contribution in [-0.2, 0) is 13.0 Å². The normalized spacial score (nSPS) is 19.7. The predicted octanol–water partition coefficient (Wildman–Crippen LogP) is 1.73. The van der Waals surface area contributed by atoms with Crippen molar-refractivity contribution in [2.75, 3.05) is 6.54 Å². The van der Waals surface area contributed by atoms with E-state index in [0.717, 1.165) is 25.3 Å². The smallest absolute Gasteiger partial charge is 0.123 e. The molecule has 0 bridgehead atoms. The van der Waals surface area contributed by atoms with Gasteiger partial charge in [0.25, 0.3) is 0 Å². The van der Waals surface area contributed by atoms with Crippen molar-refractivity contribution in [3.05, 3.63) is 41.9 Å². The molecule has 2 aromatic rings. The summed E-state index contributed by atoms with van der Waals surface area (Å²) in [4.78, 5) is 4.48. The van der Waals surface area contributed by atoms with Crippen LogP contribution in [0.25, 0.3) is 0 Å². The third-order valence-electron chi connectivity index (χ3n) is 3.11. The van der Waals surface area contributed by atoms with Gasteiger partial charge >= 0.3 is 0 Å². The lowest BCUT2D eigenvalue weighted by Gasteiger charge is -2.20. The van der Waals surface area contributed by atoms with Gasteiger partial charge in [-0.25, -0.2) is 4.98 Å². The molecule has 3 heterocycles. The van der Waals surface area contributed by atoms with Gasteiger partial charge in [-0.05, 0) is 19.1 Å². The van der Waals surface area contributed by atoms with E-state index < -0.39 is 0 Å². The van der Waals surface area contributed by atoms with Crippen molar-refractivity contribution in [2.45, 2.75) is 25.9 Å². The summed E-state index contributed by atoms with van der Waals surface area (Å²) in [6, 6.07) is 4.28. The number of imidazole rings is 1. The number of nitrogens with zero attached hydrogens (tertiary/aromatic N) is 2. The number of furan rings is 1. The Hall–Kier alpha value is -1.55. The number of hydrogen-bond donors (Lipinski definition) is 1. The first-order chi connectivity index (χ1) is 7.84. The maximum absolute atomic E-state index is 5.36. The van der Waals surface area contributed by atoms with Crippen LogP contribution in [0.15, 0.2) is 29.1 Å². The Balaban J connectivity index is 1.91. The first-order valence-corrected chi connectivity index (χ1v) is 5.64. The van der Waals surface area contributed by atoms with Crippen LogP contribution in [0.1, 0.15) is 30.1 Å². The van der Waals surface area contributed by atoms with Gasteiger partial charge in [0.05, 0.1) is 24.8 Å². The molecule has 2 aromatic heterocycles. The van der Waals surface area contributed by atoms with E-state index in [9.17, 15) is 0 Å². The summed E-state index contributed by atoms with van der Waals surface area (Å²) in [6.07, 6.45) is 4.67. The zero-order chi connectivity index (χ0) is 11.0. The van der Waals surface area contributed by atoms with E-state index in [2.05, 4.69) is 21.8 Å². The topological polar surface area (TPSA) is 43.0 Å². The number of fused-ring (bicyclic) bond motifs is 1. The highest BCUT2D eigenvalue weighted by atomic mass is 16.3. The van der Waals surface area contributed by atoms with Crippen LogP contribution >= 0.6 is 0 Å². The van der Waals surface area contributed by atoms with E-state index in [-0.39, 0.29) is 0 Å². The van der Waals surface area contributed by atoms with E-state index in [1.807, 2.05) is 18.5 Å². The predicted molar refractivity (Wildman–Crippen MR) is 60.2 cm³/mol. The molecule has 0 aromatic carbocycles. The first-order valence-electron chi connectivity index (χ1n) is 5.64. The van der Waals surface area contributed by atoms with Crippen LogP contribution in [0.4, 0.5) is 0 Å². The van der Waals surface area contributed by atoms with Crippen molar-refractivity contribution in [1.29, 1.82) is 0 Å². The van der Waals surface area contributed by atoms with E-state index in [1.165, 1.54) is 11.4 Å². The van der Waals surface area contributed by atoms with E-state index in [0.29, 0.717) is 6.04 Å². The molecular formula is C12H15N3O.